The Labute approximate surface area is 282 Å². The summed E-state index contributed by atoms with van der Waals surface area (Å²) in [5.41, 5.74) is 17.8. The lowest BCUT2D eigenvalue weighted by atomic mass is 9.78. The van der Waals surface area contributed by atoms with Crippen LogP contribution in [0.4, 0.5) is 0 Å². The molecule has 0 radical (unpaired) electrons. The van der Waals surface area contributed by atoms with Crippen molar-refractivity contribution in [1.29, 1.82) is 0 Å². The second-order valence-electron chi connectivity index (χ2n) is 14.2. The van der Waals surface area contributed by atoms with Crippen LogP contribution >= 0.6 is 0 Å². The number of fused-ring (bicyclic) bond motifs is 6. The van der Waals surface area contributed by atoms with Crippen LogP contribution in [0.25, 0.3) is 67.3 Å². The first-order chi connectivity index (χ1) is 23.3. The zero-order chi connectivity index (χ0) is 32.6. The second-order valence-corrected chi connectivity index (χ2v) is 14.2. The predicted molar refractivity (Wildman–Crippen MR) is 199 cm³/mol. The van der Waals surface area contributed by atoms with Gasteiger partial charge in [-0.25, -0.2) is 9.97 Å². The van der Waals surface area contributed by atoms with Gasteiger partial charge >= 0.3 is 0 Å². The second kappa shape index (κ2) is 10.5. The van der Waals surface area contributed by atoms with Crippen LogP contribution in [0.5, 0.6) is 0 Å². The van der Waals surface area contributed by atoms with Crippen molar-refractivity contribution in [3.8, 4) is 67.3 Å². The van der Waals surface area contributed by atoms with Gasteiger partial charge in [0.1, 0.15) is 0 Å². The molecule has 0 aliphatic heterocycles. The SMILES string of the molecule is CC1(C)c2ccccc2-c2cccc(-c3cc(-c4cccc5c4C(C)(C)c4ccccc4-5)nc(-c4cccc(-c5ccccc5)c4)n3)c21. The number of hydrogen-bond donors (Lipinski definition) is 0. The van der Waals surface area contributed by atoms with E-state index in [-0.39, 0.29) is 10.8 Å². The van der Waals surface area contributed by atoms with Gasteiger partial charge in [-0.1, -0.05) is 161 Å². The van der Waals surface area contributed by atoms with E-state index < -0.39 is 0 Å². The fourth-order valence-electron chi connectivity index (χ4n) is 8.44. The minimum atomic E-state index is -0.168. The molecule has 2 aliphatic rings. The van der Waals surface area contributed by atoms with E-state index in [9.17, 15) is 0 Å². The van der Waals surface area contributed by atoms with Crippen LogP contribution in [-0.4, -0.2) is 9.97 Å². The van der Waals surface area contributed by atoms with Gasteiger partial charge < -0.3 is 0 Å². The van der Waals surface area contributed by atoms with Gasteiger partial charge in [-0.05, 0) is 67.8 Å². The van der Waals surface area contributed by atoms with Gasteiger partial charge in [0.2, 0.25) is 0 Å². The summed E-state index contributed by atoms with van der Waals surface area (Å²) >= 11 is 0. The molecule has 48 heavy (non-hydrogen) atoms. The van der Waals surface area contributed by atoms with E-state index in [1.807, 2.05) is 0 Å². The highest BCUT2D eigenvalue weighted by Crippen LogP contribution is 2.54. The molecule has 2 heteroatoms. The average Bonchev–Trinajstić information content (AvgIpc) is 3.52. The number of benzene rings is 6. The number of hydrogen-bond acceptors (Lipinski definition) is 2. The summed E-state index contributed by atoms with van der Waals surface area (Å²) in [6.45, 7) is 9.38. The first-order valence-corrected chi connectivity index (χ1v) is 16.8. The van der Waals surface area contributed by atoms with E-state index >= 15 is 0 Å². The van der Waals surface area contributed by atoms with Crippen LogP contribution in [0.1, 0.15) is 49.9 Å². The van der Waals surface area contributed by atoms with Gasteiger partial charge in [0.25, 0.3) is 0 Å². The molecule has 0 N–H and O–H groups in total. The normalized spacial score (nSPS) is 14.6. The van der Waals surface area contributed by atoms with Gasteiger partial charge in [-0.15, -0.1) is 0 Å². The first-order valence-electron chi connectivity index (χ1n) is 16.8. The lowest BCUT2D eigenvalue weighted by molar-refractivity contribution is 0.661. The minimum Gasteiger partial charge on any atom is -0.228 e. The Balaban J connectivity index is 1.30. The number of rotatable bonds is 4. The van der Waals surface area contributed by atoms with Gasteiger partial charge in [0, 0.05) is 27.5 Å². The van der Waals surface area contributed by atoms with Crippen LogP contribution < -0.4 is 0 Å². The fourth-order valence-corrected chi connectivity index (χ4v) is 8.44. The molecule has 0 unspecified atom stereocenters. The maximum Gasteiger partial charge on any atom is 0.160 e. The van der Waals surface area contributed by atoms with E-state index in [0.717, 1.165) is 39.5 Å². The molecule has 1 aromatic heterocycles. The molecule has 6 aromatic carbocycles. The molecule has 2 aliphatic carbocycles. The fraction of sp³-hybridized carbons (Fsp3) is 0.130. The van der Waals surface area contributed by atoms with E-state index in [1.165, 1.54) is 50.1 Å². The van der Waals surface area contributed by atoms with E-state index in [4.69, 9.17) is 9.97 Å². The van der Waals surface area contributed by atoms with Crippen molar-refractivity contribution in [1.82, 2.24) is 9.97 Å². The molecule has 0 saturated heterocycles. The van der Waals surface area contributed by atoms with Crippen LogP contribution in [0.15, 0.2) is 146 Å². The first kappa shape index (κ1) is 28.6. The summed E-state index contributed by atoms with van der Waals surface area (Å²) in [5, 5.41) is 0. The molecule has 0 saturated carbocycles. The Morgan fingerprint density at radius 3 is 1.33 bits per heavy atom. The van der Waals surface area contributed by atoms with Crippen molar-refractivity contribution in [2.75, 3.05) is 0 Å². The maximum absolute atomic E-state index is 5.40. The Kier molecular flexibility index (Phi) is 6.23. The number of aromatic nitrogens is 2. The molecule has 2 nitrogen and oxygen atoms in total. The zero-order valence-electron chi connectivity index (χ0n) is 27.8. The van der Waals surface area contributed by atoms with Gasteiger partial charge in [-0.3, -0.25) is 0 Å². The summed E-state index contributed by atoms with van der Waals surface area (Å²) in [4.78, 5) is 10.8. The number of nitrogens with zero attached hydrogens (tertiary/aromatic N) is 2. The molecule has 0 fully saturated rings. The third-order valence-electron chi connectivity index (χ3n) is 10.7. The summed E-state index contributed by atoms with van der Waals surface area (Å²) in [7, 11) is 0. The summed E-state index contributed by atoms with van der Waals surface area (Å²) in [5.74, 6) is 0.733. The molecule has 230 valence electrons. The topological polar surface area (TPSA) is 25.8 Å². The van der Waals surface area contributed by atoms with E-state index in [0.29, 0.717) is 0 Å². The summed E-state index contributed by atoms with van der Waals surface area (Å²) in [6.07, 6.45) is 0. The molecule has 7 aromatic rings. The third kappa shape index (κ3) is 4.19. The van der Waals surface area contributed by atoms with E-state index in [1.54, 1.807) is 0 Å². The average molecular weight is 617 g/mol. The molecule has 0 bridgehead atoms. The van der Waals surface area contributed by atoms with Crippen LogP contribution in [0.2, 0.25) is 0 Å². The lowest BCUT2D eigenvalue weighted by Crippen LogP contribution is -2.17. The van der Waals surface area contributed by atoms with Gasteiger partial charge in [0.15, 0.2) is 5.82 Å². The highest BCUT2D eigenvalue weighted by atomic mass is 14.9. The third-order valence-corrected chi connectivity index (χ3v) is 10.7. The lowest BCUT2D eigenvalue weighted by Gasteiger charge is -2.25. The highest BCUT2D eigenvalue weighted by Gasteiger charge is 2.39. The van der Waals surface area contributed by atoms with Crippen LogP contribution in [0, 0.1) is 0 Å². The van der Waals surface area contributed by atoms with Crippen molar-refractivity contribution >= 4 is 0 Å². The molecule has 9 rings (SSSR count). The standard InChI is InChI=1S/C46H36N2/c1-45(2)38-25-10-8-19-32(38)34-21-13-23-36(42(34)45)40-28-41(37-24-14-22-35-33-20-9-11-26-39(33)46(3,4)43(35)37)48-44(47-40)31-18-12-17-30(27-31)29-15-6-5-7-16-29/h5-28H,1-4H3. The largest absolute Gasteiger partial charge is 0.228 e. The van der Waals surface area contributed by atoms with Crippen molar-refractivity contribution < 1.29 is 0 Å². The molecule has 1 heterocycles. The van der Waals surface area contributed by atoms with Crippen LogP contribution in [-0.2, 0) is 10.8 Å². The Morgan fingerprint density at radius 1 is 0.354 bits per heavy atom. The molecule has 0 atom stereocenters. The maximum atomic E-state index is 5.40. The Hall–Kier alpha value is -5.60. The quantitative estimate of drug-likeness (QED) is 0.197. The molecular weight excluding hydrogens is 581 g/mol. The van der Waals surface area contributed by atoms with Crippen molar-refractivity contribution in [2.45, 2.75) is 38.5 Å². The monoisotopic (exact) mass is 616 g/mol. The van der Waals surface area contributed by atoms with Crippen molar-refractivity contribution in [2.24, 2.45) is 0 Å². The smallest absolute Gasteiger partial charge is 0.160 e. The van der Waals surface area contributed by atoms with E-state index in [2.05, 4.69) is 173 Å². The predicted octanol–water partition coefficient (Wildman–Crippen LogP) is 11.8. The molecular formula is C46H36N2. The summed E-state index contributed by atoms with van der Waals surface area (Å²) in [6, 6.07) is 52.5. The Morgan fingerprint density at radius 2 is 0.771 bits per heavy atom. The molecule has 0 amide bonds. The van der Waals surface area contributed by atoms with Crippen molar-refractivity contribution in [3.05, 3.63) is 168 Å². The zero-order valence-corrected chi connectivity index (χ0v) is 27.8. The Bertz CT molecular complexity index is 2270. The highest BCUT2D eigenvalue weighted by molar-refractivity contribution is 5.91. The van der Waals surface area contributed by atoms with Crippen LogP contribution in [0.3, 0.4) is 0 Å². The molecule has 0 spiro atoms. The summed E-state index contributed by atoms with van der Waals surface area (Å²) < 4.78 is 0. The van der Waals surface area contributed by atoms with Crippen molar-refractivity contribution in [3.63, 3.8) is 0 Å². The minimum absolute atomic E-state index is 0.168. The van der Waals surface area contributed by atoms with Gasteiger partial charge in [-0.2, -0.15) is 0 Å². The van der Waals surface area contributed by atoms with Gasteiger partial charge in [0.05, 0.1) is 11.4 Å².